The Morgan fingerprint density at radius 1 is 1.32 bits per heavy atom. The molecule has 0 bridgehead atoms. The number of rotatable bonds is 3. The molecule has 1 atom stereocenters. The third-order valence-electron chi connectivity index (χ3n) is 2.97. The number of fused-ring (bicyclic) bond motifs is 1. The normalized spacial score (nSPS) is 13.0. The van der Waals surface area contributed by atoms with Crippen molar-refractivity contribution in [1.29, 1.82) is 0 Å². The first-order valence-electron chi connectivity index (χ1n) is 5.99. The number of hydrogen-bond donors (Lipinski definition) is 1. The van der Waals surface area contributed by atoms with Gasteiger partial charge in [0.15, 0.2) is 0 Å². The molecule has 0 radical (unpaired) electrons. The number of benzene rings is 1. The molecule has 19 heavy (non-hydrogen) atoms. The summed E-state index contributed by atoms with van der Waals surface area (Å²) in [6.45, 7) is 2.09. The van der Waals surface area contributed by atoms with Gasteiger partial charge in [-0.25, -0.2) is 4.98 Å². The standard InChI is InChI=1S/C14H13BrN2S2/c1-8-6-12(19-14(8)15)9(16)7-13-17-10-4-2-3-5-11(10)18-13/h2-6,9H,7,16H2,1H3. The Morgan fingerprint density at radius 3 is 2.79 bits per heavy atom. The van der Waals surface area contributed by atoms with Crippen LogP contribution in [0.3, 0.4) is 0 Å². The molecule has 1 unspecified atom stereocenters. The summed E-state index contributed by atoms with van der Waals surface area (Å²) >= 11 is 7.00. The fourth-order valence-corrected chi connectivity index (χ4v) is 4.56. The second-order valence-corrected chi connectivity index (χ2v) is 8.01. The van der Waals surface area contributed by atoms with Crippen LogP contribution in [-0.4, -0.2) is 4.98 Å². The highest BCUT2D eigenvalue weighted by Crippen LogP contribution is 2.33. The van der Waals surface area contributed by atoms with E-state index >= 15 is 0 Å². The summed E-state index contributed by atoms with van der Waals surface area (Å²) in [6, 6.07) is 10.4. The van der Waals surface area contributed by atoms with Crippen LogP contribution in [0.4, 0.5) is 0 Å². The van der Waals surface area contributed by atoms with Crippen molar-refractivity contribution >= 4 is 48.8 Å². The van der Waals surface area contributed by atoms with Crippen molar-refractivity contribution in [2.45, 2.75) is 19.4 Å². The molecule has 0 amide bonds. The maximum Gasteiger partial charge on any atom is 0.0957 e. The number of thiazole rings is 1. The minimum atomic E-state index is 0.0237. The van der Waals surface area contributed by atoms with Gasteiger partial charge in [-0.2, -0.15) is 0 Å². The van der Waals surface area contributed by atoms with Crippen LogP contribution in [-0.2, 0) is 6.42 Å². The van der Waals surface area contributed by atoms with Gasteiger partial charge in [0.2, 0.25) is 0 Å². The van der Waals surface area contributed by atoms with Gasteiger partial charge in [0, 0.05) is 17.3 Å². The van der Waals surface area contributed by atoms with Gasteiger partial charge >= 0.3 is 0 Å². The molecule has 3 rings (SSSR count). The molecule has 0 aliphatic heterocycles. The van der Waals surface area contributed by atoms with Crippen molar-refractivity contribution in [3.63, 3.8) is 0 Å². The van der Waals surface area contributed by atoms with Crippen LogP contribution < -0.4 is 5.73 Å². The first kappa shape index (κ1) is 13.2. The number of para-hydroxylation sites is 1. The summed E-state index contributed by atoms with van der Waals surface area (Å²) < 4.78 is 2.40. The summed E-state index contributed by atoms with van der Waals surface area (Å²) in [5, 5.41) is 1.11. The largest absolute Gasteiger partial charge is 0.323 e. The first-order valence-corrected chi connectivity index (χ1v) is 8.42. The Kier molecular flexibility index (Phi) is 3.71. The Morgan fingerprint density at radius 2 is 2.11 bits per heavy atom. The quantitative estimate of drug-likeness (QED) is 0.743. The number of nitrogens with two attached hydrogens (primary N) is 1. The lowest BCUT2D eigenvalue weighted by molar-refractivity contribution is 0.733. The molecule has 2 N–H and O–H groups in total. The van der Waals surface area contributed by atoms with Crippen LogP contribution >= 0.6 is 38.6 Å². The van der Waals surface area contributed by atoms with Crippen LogP contribution in [0.25, 0.3) is 10.2 Å². The SMILES string of the molecule is Cc1cc(C(N)Cc2nc3ccccc3s2)sc1Br. The maximum absolute atomic E-state index is 6.29. The summed E-state index contributed by atoms with van der Waals surface area (Å²) in [7, 11) is 0. The van der Waals surface area contributed by atoms with E-state index in [0.717, 1.165) is 16.9 Å². The number of aromatic nitrogens is 1. The van der Waals surface area contributed by atoms with Crippen LogP contribution in [0.2, 0.25) is 0 Å². The smallest absolute Gasteiger partial charge is 0.0957 e. The van der Waals surface area contributed by atoms with E-state index in [1.165, 1.54) is 18.9 Å². The van der Waals surface area contributed by atoms with Crippen molar-refractivity contribution in [3.8, 4) is 0 Å². The van der Waals surface area contributed by atoms with E-state index in [-0.39, 0.29) is 6.04 Å². The van der Waals surface area contributed by atoms with E-state index in [2.05, 4.69) is 40.0 Å². The van der Waals surface area contributed by atoms with Crippen molar-refractivity contribution in [2.24, 2.45) is 5.73 Å². The minimum absolute atomic E-state index is 0.0237. The monoisotopic (exact) mass is 352 g/mol. The number of hydrogen-bond acceptors (Lipinski definition) is 4. The Hall–Kier alpha value is -0.750. The van der Waals surface area contributed by atoms with Gasteiger partial charge in [0.1, 0.15) is 0 Å². The molecule has 0 fully saturated rings. The fourth-order valence-electron chi connectivity index (χ4n) is 1.96. The van der Waals surface area contributed by atoms with E-state index in [0.29, 0.717) is 0 Å². The highest BCUT2D eigenvalue weighted by atomic mass is 79.9. The number of nitrogens with zero attached hydrogens (tertiary/aromatic N) is 1. The molecular formula is C14H13BrN2S2. The number of thiophene rings is 1. The minimum Gasteiger partial charge on any atom is -0.323 e. The first-order chi connectivity index (χ1) is 9.13. The van der Waals surface area contributed by atoms with Gasteiger partial charge in [0.25, 0.3) is 0 Å². The number of halogens is 1. The third kappa shape index (κ3) is 2.74. The van der Waals surface area contributed by atoms with Crippen molar-refractivity contribution in [1.82, 2.24) is 4.98 Å². The van der Waals surface area contributed by atoms with Crippen molar-refractivity contribution in [3.05, 3.63) is 49.6 Å². The summed E-state index contributed by atoms with van der Waals surface area (Å²) in [5.74, 6) is 0. The molecule has 0 saturated heterocycles. The molecule has 0 spiro atoms. The highest BCUT2D eigenvalue weighted by Gasteiger charge is 2.14. The zero-order valence-corrected chi connectivity index (χ0v) is 13.6. The molecule has 3 aromatic rings. The van der Waals surface area contributed by atoms with Gasteiger partial charge in [0.05, 0.1) is 19.0 Å². The topological polar surface area (TPSA) is 38.9 Å². The van der Waals surface area contributed by atoms with Crippen LogP contribution in [0, 0.1) is 6.92 Å². The average molecular weight is 353 g/mol. The predicted octanol–water partition coefficient (Wildman–Crippen LogP) is 4.67. The zero-order chi connectivity index (χ0) is 13.4. The highest BCUT2D eigenvalue weighted by molar-refractivity contribution is 9.11. The van der Waals surface area contributed by atoms with Gasteiger partial charge in [-0.1, -0.05) is 12.1 Å². The average Bonchev–Trinajstić information content (AvgIpc) is 2.93. The molecule has 1 aromatic carbocycles. The summed E-state index contributed by atoms with van der Waals surface area (Å²) in [5.41, 5.74) is 8.60. The molecule has 98 valence electrons. The molecule has 0 aliphatic rings. The van der Waals surface area contributed by atoms with Crippen molar-refractivity contribution in [2.75, 3.05) is 0 Å². The third-order valence-corrected chi connectivity index (χ3v) is 6.30. The van der Waals surface area contributed by atoms with Gasteiger partial charge in [-0.05, 0) is 46.6 Å². The lowest BCUT2D eigenvalue weighted by Crippen LogP contribution is -2.11. The molecule has 2 nitrogen and oxygen atoms in total. The molecular weight excluding hydrogens is 340 g/mol. The second-order valence-electron chi connectivity index (χ2n) is 4.49. The Balaban J connectivity index is 1.84. The van der Waals surface area contributed by atoms with E-state index in [9.17, 15) is 0 Å². The Labute approximate surface area is 128 Å². The van der Waals surface area contributed by atoms with Crippen LogP contribution in [0.1, 0.15) is 21.5 Å². The molecule has 2 heterocycles. The lowest BCUT2D eigenvalue weighted by Gasteiger charge is -2.06. The van der Waals surface area contributed by atoms with Crippen molar-refractivity contribution < 1.29 is 0 Å². The van der Waals surface area contributed by atoms with Gasteiger partial charge < -0.3 is 5.73 Å². The predicted molar refractivity (Wildman–Crippen MR) is 87.0 cm³/mol. The zero-order valence-electron chi connectivity index (χ0n) is 10.4. The Bertz CT molecular complexity index is 665. The van der Waals surface area contributed by atoms with E-state index in [4.69, 9.17) is 5.73 Å². The molecule has 5 heteroatoms. The summed E-state index contributed by atoms with van der Waals surface area (Å²) in [6.07, 6.45) is 0.797. The summed E-state index contributed by atoms with van der Waals surface area (Å²) in [4.78, 5) is 5.85. The van der Waals surface area contributed by atoms with Gasteiger partial charge in [-0.15, -0.1) is 22.7 Å². The maximum atomic E-state index is 6.29. The molecule has 2 aromatic heterocycles. The van der Waals surface area contributed by atoms with Gasteiger partial charge in [-0.3, -0.25) is 0 Å². The fraction of sp³-hybridized carbons (Fsp3) is 0.214. The lowest BCUT2D eigenvalue weighted by atomic mass is 10.2. The van der Waals surface area contributed by atoms with Crippen LogP contribution in [0.5, 0.6) is 0 Å². The van der Waals surface area contributed by atoms with Crippen LogP contribution in [0.15, 0.2) is 34.1 Å². The van der Waals surface area contributed by atoms with E-state index in [1.54, 1.807) is 22.7 Å². The second kappa shape index (κ2) is 5.32. The van der Waals surface area contributed by atoms with E-state index in [1.807, 2.05) is 18.2 Å². The number of aryl methyl sites for hydroxylation is 1. The molecule has 0 aliphatic carbocycles. The van der Waals surface area contributed by atoms with E-state index < -0.39 is 0 Å². The molecule has 0 saturated carbocycles.